The highest BCUT2D eigenvalue weighted by atomic mass is 32.2. The highest BCUT2D eigenvalue weighted by Gasteiger charge is 2.18. The van der Waals surface area contributed by atoms with Crippen LogP contribution in [0.5, 0.6) is 0 Å². The second-order valence-electron chi connectivity index (χ2n) is 6.69. The molecule has 1 amide bonds. The lowest BCUT2D eigenvalue weighted by atomic mass is 9.95. The average molecular weight is 376 g/mol. The van der Waals surface area contributed by atoms with Crippen LogP contribution in [-0.4, -0.2) is 11.7 Å². The van der Waals surface area contributed by atoms with E-state index in [0.29, 0.717) is 5.75 Å². The average Bonchev–Trinajstić information content (AvgIpc) is 2.69. The van der Waals surface area contributed by atoms with Crippen LogP contribution in [0.1, 0.15) is 33.9 Å². The highest BCUT2D eigenvalue weighted by molar-refractivity contribution is 7.99. The van der Waals surface area contributed by atoms with Crippen molar-refractivity contribution in [3.63, 3.8) is 0 Å². The summed E-state index contributed by atoms with van der Waals surface area (Å²) in [4.78, 5) is 12.7. The minimum atomic E-state index is -0.126. The monoisotopic (exact) mass is 375 g/mol. The van der Waals surface area contributed by atoms with E-state index in [-0.39, 0.29) is 11.9 Å². The lowest BCUT2D eigenvalue weighted by Crippen LogP contribution is -2.31. The normalized spacial score (nSPS) is 11.8. The van der Waals surface area contributed by atoms with E-state index in [1.807, 2.05) is 42.5 Å². The molecule has 0 unspecified atom stereocenters. The molecule has 1 N–H and O–H groups in total. The molecular formula is C24H25NOS. The van der Waals surface area contributed by atoms with E-state index in [1.54, 1.807) is 11.8 Å². The first-order valence-electron chi connectivity index (χ1n) is 9.17. The van der Waals surface area contributed by atoms with E-state index >= 15 is 0 Å². The maximum absolute atomic E-state index is 12.7. The Hall–Kier alpha value is -2.52. The third-order valence-corrected chi connectivity index (χ3v) is 5.67. The van der Waals surface area contributed by atoms with Crippen molar-refractivity contribution in [3.05, 3.63) is 107 Å². The fourth-order valence-electron chi connectivity index (χ4n) is 3.13. The number of carbonyl (C=O) groups is 1. The van der Waals surface area contributed by atoms with Gasteiger partial charge < -0.3 is 5.32 Å². The summed E-state index contributed by atoms with van der Waals surface area (Å²) in [7, 11) is 0. The third-order valence-electron chi connectivity index (χ3n) is 4.69. The smallest absolute Gasteiger partial charge is 0.230 e. The van der Waals surface area contributed by atoms with Crippen molar-refractivity contribution in [2.45, 2.75) is 25.6 Å². The first kappa shape index (κ1) is 19.2. The van der Waals surface area contributed by atoms with Gasteiger partial charge in [-0.1, -0.05) is 78.9 Å². The minimum absolute atomic E-state index is 0.0608. The van der Waals surface area contributed by atoms with Crippen molar-refractivity contribution < 1.29 is 4.79 Å². The van der Waals surface area contributed by atoms with Gasteiger partial charge in [-0.3, -0.25) is 4.79 Å². The maximum atomic E-state index is 12.7. The van der Waals surface area contributed by atoms with Gasteiger partial charge in [0.2, 0.25) is 5.91 Å². The fraction of sp³-hybridized carbons (Fsp3) is 0.208. The van der Waals surface area contributed by atoms with Crippen molar-refractivity contribution in [1.29, 1.82) is 0 Å². The number of nitrogens with one attached hydrogen (secondary N) is 1. The topological polar surface area (TPSA) is 29.1 Å². The highest BCUT2D eigenvalue weighted by Crippen LogP contribution is 2.25. The molecule has 0 radical (unpaired) electrons. The molecule has 1 atom stereocenters. The van der Waals surface area contributed by atoms with Gasteiger partial charge in [0.1, 0.15) is 0 Å². The van der Waals surface area contributed by atoms with Crippen molar-refractivity contribution in [3.8, 4) is 0 Å². The van der Waals surface area contributed by atoms with Gasteiger partial charge in [0.25, 0.3) is 0 Å². The summed E-state index contributed by atoms with van der Waals surface area (Å²) in [5, 5.41) is 3.23. The van der Waals surface area contributed by atoms with Crippen molar-refractivity contribution >= 4 is 17.7 Å². The summed E-state index contributed by atoms with van der Waals surface area (Å²) in [5.74, 6) is 1.36. The van der Waals surface area contributed by atoms with Gasteiger partial charge in [0.15, 0.2) is 0 Å². The first-order valence-corrected chi connectivity index (χ1v) is 10.3. The van der Waals surface area contributed by atoms with E-state index in [0.717, 1.165) is 16.9 Å². The molecule has 3 heteroatoms. The molecule has 0 aliphatic heterocycles. The van der Waals surface area contributed by atoms with E-state index in [9.17, 15) is 4.79 Å². The molecule has 0 aromatic heterocycles. The fourth-order valence-corrected chi connectivity index (χ4v) is 4.04. The van der Waals surface area contributed by atoms with Crippen LogP contribution in [0.25, 0.3) is 0 Å². The Bertz CT molecular complexity index is 892. The standard InChI is InChI=1S/C24H25NOS/c1-18-10-6-8-14-21(18)16-27-17-23(26)25-24(20-12-4-3-5-13-20)22-15-9-7-11-19(22)2/h3-15,24H,16-17H2,1-2H3,(H,25,26)/t24-/m1/s1. The molecule has 0 saturated heterocycles. The number of thioether (sulfide) groups is 1. The SMILES string of the molecule is Cc1ccccc1CSCC(=O)N[C@H](c1ccccc1)c1ccccc1C. The number of rotatable bonds is 7. The van der Waals surface area contributed by atoms with Crippen LogP contribution in [-0.2, 0) is 10.5 Å². The molecular weight excluding hydrogens is 350 g/mol. The van der Waals surface area contributed by atoms with E-state index in [4.69, 9.17) is 0 Å². The van der Waals surface area contributed by atoms with Gasteiger partial charge in [-0.25, -0.2) is 0 Å². The van der Waals surface area contributed by atoms with Crippen molar-refractivity contribution in [1.82, 2.24) is 5.32 Å². The Kier molecular flexibility index (Phi) is 6.72. The van der Waals surface area contributed by atoms with Crippen molar-refractivity contribution in [2.24, 2.45) is 0 Å². The zero-order chi connectivity index (χ0) is 19.1. The Balaban J connectivity index is 1.68. The zero-order valence-corrected chi connectivity index (χ0v) is 16.6. The largest absolute Gasteiger partial charge is 0.344 e. The van der Waals surface area contributed by atoms with Crippen LogP contribution in [0, 0.1) is 13.8 Å². The van der Waals surface area contributed by atoms with Crippen LogP contribution in [0.15, 0.2) is 78.9 Å². The van der Waals surface area contributed by atoms with E-state index < -0.39 is 0 Å². The molecule has 0 fully saturated rings. The molecule has 138 valence electrons. The summed E-state index contributed by atoms with van der Waals surface area (Å²) < 4.78 is 0. The molecule has 0 heterocycles. The van der Waals surface area contributed by atoms with Gasteiger partial charge in [-0.05, 0) is 41.7 Å². The maximum Gasteiger partial charge on any atom is 0.230 e. The number of hydrogen-bond donors (Lipinski definition) is 1. The first-order chi connectivity index (χ1) is 13.1. The van der Waals surface area contributed by atoms with Crippen LogP contribution in [0.3, 0.4) is 0 Å². The van der Waals surface area contributed by atoms with Gasteiger partial charge in [-0.15, -0.1) is 11.8 Å². The second-order valence-corrected chi connectivity index (χ2v) is 7.67. The molecule has 3 rings (SSSR count). The van der Waals surface area contributed by atoms with Crippen molar-refractivity contribution in [2.75, 3.05) is 5.75 Å². The molecule has 0 saturated carbocycles. The molecule has 0 spiro atoms. The van der Waals surface area contributed by atoms with Gasteiger partial charge in [0, 0.05) is 5.75 Å². The Morgan fingerprint density at radius 2 is 1.48 bits per heavy atom. The molecule has 0 aliphatic rings. The zero-order valence-electron chi connectivity index (χ0n) is 15.8. The number of carbonyl (C=O) groups excluding carboxylic acids is 1. The van der Waals surface area contributed by atoms with Gasteiger partial charge in [0.05, 0.1) is 11.8 Å². The molecule has 27 heavy (non-hydrogen) atoms. The van der Waals surface area contributed by atoms with Crippen LogP contribution in [0.4, 0.5) is 0 Å². The molecule has 2 nitrogen and oxygen atoms in total. The summed E-state index contributed by atoms with van der Waals surface area (Å²) in [6.07, 6.45) is 0. The van der Waals surface area contributed by atoms with E-state index in [2.05, 4.69) is 55.6 Å². The van der Waals surface area contributed by atoms with Gasteiger partial charge in [-0.2, -0.15) is 0 Å². The number of aryl methyl sites for hydroxylation is 2. The lowest BCUT2D eigenvalue weighted by molar-refractivity contribution is -0.119. The quantitative estimate of drug-likeness (QED) is 0.595. The van der Waals surface area contributed by atoms with Crippen LogP contribution < -0.4 is 5.32 Å². The minimum Gasteiger partial charge on any atom is -0.344 e. The summed E-state index contributed by atoms with van der Waals surface area (Å²) in [6.45, 7) is 4.20. The van der Waals surface area contributed by atoms with E-state index in [1.165, 1.54) is 16.7 Å². The Morgan fingerprint density at radius 1 is 0.852 bits per heavy atom. The Morgan fingerprint density at radius 3 is 2.19 bits per heavy atom. The molecule has 3 aromatic rings. The summed E-state index contributed by atoms with van der Waals surface area (Å²) in [6, 6.07) is 26.6. The molecule has 0 bridgehead atoms. The third kappa shape index (κ3) is 5.24. The number of hydrogen-bond acceptors (Lipinski definition) is 2. The summed E-state index contributed by atoms with van der Waals surface area (Å²) >= 11 is 1.65. The van der Waals surface area contributed by atoms with Gasteiger partial charge >= 0.3 is 0 Å². The molecule has 0 aliphatic carbocycles. The second kappa shape index (κ2) is 9.43. The predicted octanol–water partition coefficient (Wildman–Crippen LogP) is 5.44. The molecule has 3 aromatic carbocycles. The Labute approximate surface area is 166 Å². The number of amides is 1. The predicted molar refractivity (Wildman–Crippen MR) is 115 cm³/mol. The number of benzene rings is 3. The lowest BCUT2D eigenvalue weighted by Gasteiger charge is -2.21. The van der Waals surface area contributed by atoms with Crippen LogP contribution in [0.2, 0.25) is 0 Å². The van der Waals surface area contributed by atoms with Crippen LogP contribution >= 0.6 is 11.8 Å². The summed E-state index contributed by atoms with van der Waals surface area (Å²) in [5.41, 5.74) is 5.98.